The molecule has 1 aromatic carbocycles. The van der Waals surface area contributed by atoms with E-state index in [1.54, 1.807) is 20.8 Å². The first-order valence-corrected chi connectivity index (χ1v) is 6.93. The fraction of sp³-hybridized carbons (Fsp3) is 0.462. The van der Waals surface area contributed by atoms with Crippen LogP contribution in [-0.4, -0.2) is 15.9 Å². The lowest BCUT2D eigenvalue weighted by molar-refractivity contribution is -0.129. The molecule has 0 aliphatic rings. The van der Waals surface area contributed by atoms with Crippen LogP contribution in [0, 0.1) is 5.41 Å². The van der Waals surface area contributed by atoms with Crippen LogP contribution in [-0.2, 0) is 4.79 Å². The van der Waals surface area contributed by atoms with E-state index >= 15 is 0 Å². The summed E-state index contributed by atoms with van der Waals surface area (Å²) in [6.07, 6.45) is -0.813. The van der Waals surface area contributed by atoms with Crippen LogP contribution in [0.25, 0.3) is 0 Å². The molecule has 2 N–H and O–H groups in total. The molecule has 1 rings (SSSR count). The van der Waals surface area contributed by atoms with E-state index in [9.17, 15) is 4.79 Å². The summed E-state index contributed by atoms with van der Waals surface area (Å²) in [7, 11) is 0. The molecule has 0 aromatic heterocycles. The maximum Gasteiger partial charge on any atom is 0.228 e. The van der Waals surface area contributed by atoms with Gasteiger partial charge in [-0.15, -0.1) is 0 Å². The van der Waals surface area contributed by atoms with Crippen molar-refractivity contribution in [2.75, 3.05) is 5.32 Å². The topological polar surface area (TPSA) is 41.1 Å². The van der Waals surface area contributed by atoms with E-state index in [2.05, 4.69) is 10.6 Å². The first kappa shape index (κ1) is 16.4. The van der Waals surface area contributed by atoms with Gasteiger partial charge in [-0.2, -0.15) is 0 Å². The molecule has 0 aliphatic heterocycles. The Labute approximate surface area is 128 Å². The summed E-state index contributed by atoms with van der Waals surface area (Å²) in [6, 6.07) is 9.23. The van der Waals surface area contributed by atoms with Crippen molar-refractivity contribution in [1.29, 1.82) is 0 Å². The van der Waals surface area contributed by atoms with E-state index < -0.39 is 15.4 Å². The minimum atomic E-state index is -1.66. The molecule has 6 heteroatoms. The Hall–Kier alpha value is -0.640. The van der Waals surface area contributed by atoms with Gasteiger partial charge in [0, 0.05) is 11.1 Å². The number of nitrogens with one attached hydrogen (secondary N) is 2. The summed E-state index contributed by atoms with van der Waals surface area (Å²) in [5, 5.41) is 5.69. The van der Waals surface area contributed by atoms with Gasteiger partial charge in [0.05, 0.1) is 0 Å². The molecular weight excluding hydrogens is 307 g/mol. The van der Waals surface area contributed by atoms with Crippen LogP contribution in [0.1, 0.15) is 20.8 Å². The molecule has 19 heavy (non-hydrogen) atoms. The van der Waals surface area contributed by atoms with Crippen LogP contribution in [0.2, 0.25) is 0 Å². The van der Waals surface area contributed by atoms with Crippen molar-refractivity contribution in [2.24, 2.45) is 5.41 Å². The standard InChI is InChI=1S/C13H17Cl3N2O/c1-12(2,3)11(19)18-10(13(14,15)16)17-9-7-5-4-6-8-9/h4-8,10,17H,1-3H3,(H,18,19)/t10-/m0/s1. The van der Waals surface area contributed by atoms with E-state index in [0.29, 0.717) is 0 Å². The molecule has 3 nitrogen and oxygen atoms in total. The lowest BCUT2D eigenvalue weighted by atomic mass is 9.95. The Bertz CT molecular complexity index is 424. The molecule has 1 amide bonds. The molecule has 0 aliphatic carbocycles. The van der Waals surface area contributed by atoms with Gasteiger partial charge in [-0.1, -0.05) is 73.8 Å². The van der Waals surface area contributed by atoms with Crippen LogP contribution >= 0.6 is 34.8 Å². The summed E-state index contributed by atoms with van der Waals surface area (Å²) in [5.74, 6) is -0.202. The highest BCUT2D eigenvalue weighted by atomic mass is 35.6. The smallest absolute Gasteiger partial charge is 0.228 e. The van der Waals surface area contributed by atoms with Crippen LogP contribution in [0.4, 0.5) is 5.69 Å². The average molecular weight is 324 g/mol. The third-order valence-electron chi connectivity index (χ3n) is 2.37. The Morgan fingerprint density at radius 1 is 1.11 bits per heavy atom. The van der Waals surface area contributed by atoms with Crippen molar-refractivity contribution < 1.29 is 4.79 Å². The van der Waals surface area contributed by atoms with Gasteiger partial charge < -0.3 is 10.6 Å². The highest BCUT2D eigenvalue weighted by Crippen LogP contribution is 2.31. The normalized spacial score (nSPS) is 13.8. The van der Waals surface area contributed by atoms with Crippen molar-refractivity contribution in [2.45, 2.75) is 30.7 Å². The van der Waals surface area contributed by atoms with E-state index in [1.807, 2.05) is 30.3 Å². The van der Waals surface area contributed by atoms with Crippen molar-refractivity contribution >= 4 is 46.4 Å². The second-order valence-corrected chi connectivity index (χ2v) is 7.58. The Morgan fingerprint density at radius 3 is 2.05 bits per heavy atom. The number of hydrogen-bond donors (Lipinski definition) is 2. The van der Waals surface area contributed by atoms with E-state index in [4.69, 9.17) is 34.8 Å². The Morgan fingerprint density at radius 2 is 1.63 bits per heavy atom. The molecule has 0 saturated carbocycles. The second kappa shape index (κ2) is 6.21. The predicted molar refractivity (Wildman–Crippen MR) is 81.7 cm³/mol. The lowest BCUT2D eigenvalue weighted by Gasteiger charge is -2.30. The van der Waals surface area contributed by atoms with E-state index in [1.165, 1.54) is 0 Å². The van der Waals surface area contributed by atoms with Crippen molar-refractivity contribution in [3.8, 4) is 0 Å². The molecule has 0 bridgehead atoms. The highest BCUT2D eigenvalue weighted by molar-refractivity contribution is 6.68. The number of halogens is 3. The third-order valence-corrected chi connectivity index (χ3v) is 3.02. The number of carbonyl (C=O) groups is 1. The minimum absolute atomic E-state index is 0.202. The molecule has 0 saturated heterocycles. The SMILES string of the molecule is CC(C)(C)C(=O)N[C@H](Nc1ccccc1)C(Cl)(Cl)Cl. The zero-order valence-corrected chi connectivity index (χ0v) is 13.3. The van der Waals surface area contributed by atoms with Gasteiger partial charge >= 0.3 is 0 Å². The predicted octanol–water partition coefficient (Wildman–Crippen LogP) is 3.96. The summed E-state index contributed by atoms with van der Waals surface area (Å²) in [4.78, 5) is 12.0. The summed E-state index contributed by atoms with van der Waals surface area (Å²) < 4.78 is -1.66. The summed E-state index contributed by atoms with van der Waals surface area (Å²) in [6.45, 7) is 5.38. The largest absolute Gasteiger partial charge is 0.362 e. The maximum atomic E-state index is 12.0. The van der Waals surface area contributed by atoms with Crippen LogP contribution < -0.4 is 10.6 Å². The highest BCUT2D eigenvalue weighted by Gasteiger charge is 2.36. The number of para-hydroxylation sites is 1. The first-order valence-electron chi connectivity index (χ1n) is 5.80. The fourth-order valence-corrected chi connectivity index (χ4v) is 1.58. The lowest BCUT2D eigenvalue weighted by Crippen LogP contribution is -2.52. The van der Waals surface area contributed by atoms with Crippen LogP contribution in [0.3, 0.4) is 0 Å². The monoisotopic (exact) mass is 322 g/mol. The second-order valence-electron chi connectivity index (χ2n) is 5.21. The van der Waals surface area contributed by atoms with Gasteiger partial charge in [0.2, 0.25) is 9.70 Å². The van der Waals surface area contributed by atoms with Gasteiger partial charge in [0.1, 0.15) is 6.17 Å². The molecule has 0 radical (unpaired) electrons. The van der Waals surface area contributed by atoms with Gasteiger partial charge in [-0.25, -0.2) is 0 Å². The van der Waals surface area contributed by atoms with Crippen LogP contribution in [0.5, 0.6) is 0 Å². The number of benzene rings is 1. The fourth-order valence-electron chi connectivity index (χ4n) is 1.25. The van der Waals surface area contributed by atoms with Gasteiger partial charge in [0.25, 0.3) is 0 Å². The van der Waals surface area contributed by atoms with Crippen molar-refractivity contribution in [3.63, 3.8) is 0 Å². The molecule has 0 unspecified atom stereocenters. The quantitative estimate of drug-likeness (QED) is 0.653. The molecule has 1 atom stereocenters. The number of carbonyl (C=O) groups excluding carboxylic acids is 1. The number of anilines is 1. The molecule has 0 spiro atoms. The molecule has 1 aromatic rings. The van der Waals surface area contributed by atoms with Crippen molar-refractivity contribution in [1.82, 2.24) is 5.32 Å². The van der Waals surface area contributed by atoms with Crippen molar-refractivity contribution in [3.05, 3.63) is 30.3 Å². The average Bonchev–Trinajstić information content (AvgIpc) is 2.27. The first-order chi connectivity index (χ1) is 8.60. The Kier molecular flexibility index (Phi) is 5.36. The molecule has 0 fully saturated rings. The van der Waals surface area contributed by atoms with Gasteiger partial charge in [0.15, 0.2) is 0 Å². The number of amides is 1. The number of alkyl halides is 3. The molecule has 0 heterocycles. The number of hydrogen-bond acceptors (Lipinski definition) is 2. The van der Waals surface area contributed by atoms with E-state index in [-0.39, 0.29) is 5.91 Å². The van der Waals surface area contributed by atoms with Gasteiger partial charge in [-0.3, -0.25) is 4.79 Å². The minimum Gasteiger partial charge on any atom is -0.362 e. The maximum absolute atomic E-state index is 12.0. The van der Waals surface area contributed by atoms with E-state index in [0.717, 1.165) is 5.69 Å². The molecular formula is C13H17Cl3N2O. The zero-order valence-electron chi connectivity index (χ0n) is 11.0. The third kappa shape index (κ3) is 5.47. The summed E-state index contributed by atoms with van der Waals surface area (Å²) in [5.41, 5.74) is 0.194. The number of rotatable bonds is 3. The zero-order chi connectivity index (χ0) is 14.7. The summed E-state index contributed by atoms with van der Waals surface area (Å²) >= 11 is 17.7. The van der Waals surface area contributed by atoms with Crippen LogP contribution in [0.15, 0.2) is 30.3 Å². The molecule has 106 valence electrons. The van der Waals surface area contributed by atoms with Gasteiger partial charge in [-0.05, 0) is 12.1 Å². The Balaban J connectivity index is 2.83.